The molecule has 2 N–H and O–H groups in total. The van der Waals surface area contributed by atoms with E-state index in [0.29, 0.717) is 13.0 Å². The summed E-state index contributed by atoms with van der Waals surface area (Å²) in [7, 11) is 0. The van der Waals surface area contributed by atoms with E-state index >= 15 is 0 Å². The van der Waals surface area contributed by atoms with Crippen LogP contribution in [0.2, 0.25) is 0 Å². The Morgan fingerprint density at radius 1 is 1.47 bits per heavy atom. The SMILES string of the molecule is Cc1cccc(OCCNC2CCCNC(=O)C2)c1. The van der Waals surface area contributed by atoms with Gasteiger partial charge in [0, 0.05) is 25.6 Å². The van der Waals surface area contributed by atoms with Crippen molar-refractivity contribution in [2.75, 3.05) is 19.7 Å². The standard InChI is InChI=1S/C15H22N2O2/c1-12-4-2-6-14(10-12)19-9-8-16-13-5-3-7-17-15(18)11-13/h2,4,6,10,13,16H,3,5,7-9,11H2,1H3,(H,17,18). The minimum atomic E-state index is 0.148. The fraction of sp³-hybridized carbons (Fsp3) is 0.533. The largest absolute Gasteiger partial charge is 0.492 e. The quantitative estimate of drug-likeness (QED) is 0.793. The van der Waals surface area contributed by atoms with Crippen LogP contribution in [0.15, 0.2) is 24.3 Å². The number of carbonyl (C=O) groups excluding carboxylic acids is 1. The predicted octanol–water partition coefficient (Wildman–Crippen LogP) is 1.63. The molecule has 0 saturated carbocycles. The van der Waals surface area contributed by atoms with E-state index in [1.165, 1.54) is 5.56 Å². The Morgan fingerprint density at radius 2 is 2.37 bits per heavy atom. The highest BCUT2D eigenvalue weighted by atomic mass is 16.5. The highest BCUT2D eigenvalue weighted by molar-refractivity contribution is 5.76. The van der Waals surface area contributed by atoms with Gasteiger partial charge in [0.15, 0.2) is 0 Å². The van der Waals surface area contributed by atoms with Crippen LogP contribution in [0.4, 0.5) is 0 Å². The predicted molar refractivity (Wildman–Crippen MR) is 75.3 cm³/mol. The molecule has 1 aliphatic rings. The monoisotopic (exact) mass is 262 g/mol. The first kappa shape index (κ1) is 13.9. The molecule has 4 nitrogen and oxygen atoms in total. The molecule has 1 atom stereocenters. The Morgan fingerprint density at radius 3 is 3.21 bits per heavy atom. The topological polar surface area (TPSA) is 50.4 Å². The zero-order chi connectivity index (χ0) is 13.5. The molecule has 1 fully saturated rings. The molecule has 104 valence electrons. The molecule has 1 aromatic rings. The highest BCUT2D eigenvalue weighted by Crippen LogP contribution is 2.12. The fourth-order valence-electron chi connectivity index (χ4n) is 2.29. The highest BCUT2D eigenvalue weighted by Gasteiger charge is 2.16. The van der Waals surface area contributed by atoms with Crippen molar-refractivity contribution in [1.82, 2.24) is 10.6 Å². The van der Waals surface area contributed by atoms with E-state index < -0.39 is 0 Å². The first-order valence-corrected chi connectivity index (χ1v) is 6.93. The van der Waals surface area contributed by atoms with E-state index in [1.54, 1.807) is 0 Å². The molecule has 0 aromatic heterocycles. The lowest BCUT2D eigenvalue weighted by Crippen LogP contribution is -2.35. The third kappa shape index (κ3) is 4.91. The van der Waals surface area contributed by atoms with E-state index in [0.717, 1.165) is 31.7 Å². The Balaban J connectivity index is 1.67. The van der Waals surface area contributed by atoms with Crippen LogP contribution in [-0.2, 0) is 4.79 Å². The van der Waals surface area contributed by atoms with Gasteiger partial charge in [-0.05, 0) is 37.5 Å². The summed E-state index contributed by atoms with van der Waals surface area (Å²) in [5.74, 6) is 1.05. The molecule has 1 saturated heterocycles. The van der Waals surface area contributed by atoms with Gasteiger partial charge in [0.2, 0.25) is 5.91 Å². The second-order valence-corrected chi connectivity index (χ2v) is 5.01. The molecular formula is C15H22N2O2. The summed E-state index contributed by atoms with van der Waals surface area (Å²) in [5, 5.41) is 6.28. The molecule has 0 bridgehead atoms. The molecule has 0 radical (unpaired) electrons. The van der Waals surface area contributed by atoms with Crippen molar-refractivity contribution in [3.8, 4) is 5.75 Å². The second-order valence-electron chi connectivity index (χ2n) is 5.01. The number of amides is 1. The maximum atomic E-state index is 11.4. The number of hydrogen-bond acceptors (Lipinski definition) is 3. The van der Waals surface area contributed by atoms with E-state index in [1.807, 2.05) is 18.2 Å². The zero-order valence-electron chi connectivity index (χ0n) is 11.4. The molecule has 1 amide bonds. The average Bonchev–Trinajstić information content (AvgIpc) is 2.59. The van der Waals surface area contributed by atoms with Crippen LogP contribution in [-0.4, -0.2) is 31.6 Å². The molecule has 0 aliphatic carbocycles. The Kier molecular flexibility index (Phi) is 5.21. The van der Waals surface area contributed by atoms with Gasteiger partial charge in [0.05, 0.1) is 0 Å². The fourth-order valence-corrected chi connectivity index (χ4v) is 2.29. The summed E-state index contributed by atoms with van der Waals surface area (Å²) in [6.07, 6.45) is 2.66. The minimum absolute atomic E-state index is 0.148. The lowest BCUT2D eigenvalue weighted by atomic mass is 10.1. The smallest absolute Gasteiger partial charge is 0.221 e. The number of hydrogen-bond donors (Lipinski definition) is 2. The summed E-state index contributed by atoms with van der Waals surface area (Å²) in [6.45, 7) is 4.25. The van der Waals surface area contributed by atoms with Crippen LogP contribution in [0, 0.1) is 6.92 Å². The van der Waals surface area contributed by atoms with Gasteiger partial charge < -0.3 is 15.4 Å². The summed E-state index contributed by atoms with van der Waals surface area (Å²) in [6, 6.07) is 8.32. The summed E-state index contributed by atoms with van der Waals surface area (Å²) in [5.41, 5.74) is 1.20. The molecule has 4 heteroatoms. The Bertz CT molecular complexity index is 420. The third-order valence-corrected chi connectivity index (χ3v) is 3.28. The number of aryl methyl sites for hydroxylation is 1. The number of benzene rings is 1. The lowest BCUT2D eigenvalue weighted by Gasteiger charge is -2.15. The second kappa shape index (κ2) is 7.14. The number of nitrogens with one attached hydrogen (secondary N) is 2. The van der Waals surface area contributed by atoms with Gasteiger partial charge in [-0.3, -0.25) is 4.79 Å². The number of carbonyl (C=O) groups is 1. The van der Waals surface area contributed by atoms with Crippen LogP contribution in [0.3, 0.4) is 0 Å². The van der Waals surface area contributed by atoms with Crippen LogP contribution in [0.5, 0.6) is 5.75 Å². The van der Waals surface area contributed by atoms with Gasteiger partial charge in [-0.1, -0.05) is 12.1 Å². The minimum Gasteiger partial charge on any atom is -0.492 e. The Labute approximate surface area is 114 Å². The molecular weight excluding hydrogens is 240 g/mol. The molecule has 19 heavy (non-hydrogen) atoms. The first-order valence-electron chi connectivity index (χ1n) is 6.93. The van der Waals surface area contributed by atoms with Crippen molar-refractivity contribution in [1.29, 1.82) is 0 Å². The van der Waals surface area contributed by atoms with E-state index in [-0.39, 0.29) is 11.9 Å². The number of ether oxygens (including phenoxy) is 1. The average molecular weight is 262 g/mol. The molecule has 1 aliphatic heterocycles. The summed E-state index contributed by atoms with van der Waals surface area (Å²) in [4.78, 5) is 11.4. The van der Waals surface area contributed by atoms with Gasteiger partial charge in [0.25, 0.3) is 0 Å². The molecule has 2 rings (SSSR count). The zero-order valence-corrected chi connectivity index (χ0v) is 11.4. The lowest BCUT2D eigenvalue weighted by molar-refractivity contribution is -0.121. The van der Waals surface area contributed by atoms with E-state index in [2.05, 4.69) is 23.6 Å². The molecule has 1 unspecified atom stereocenters. The van der Waals surface area contributed by atoms with Crippen LogP contribution in [0.1, 0.15) is 24.8 Å². The number of rotatable bonds is 5. The van der Waals surface area contributed by atoms with Crippen LogP contribution >= 0.6 is 0 Å². The van der Waals surface area contributed by atoms with Crippen molar-refractivity contribution in [2.24, 2.45) is 0 Å². The molecule has 1 heterocycles. The van der Waals surface area contributed by atoms with E-state index in [9.17, 15) is 4.79 Å². The van der Waals surface area contributed by atoms with Crippen LogP contribution < -0.4 is 15.4 Å². The summed E-state index contributed by atoms with van der Waals surface area (Å²) >= 11 is 0. The van der Waals surface area contributed by atoms with Crippen molar-refractivity contribution >= 4 is 5.91 Å². The van der Waals surface area contributed by atoms with Crippen molar-refractivity contribution in [2.45, 2.75) is 32.2 Å². The molecule has 0 spiro atoms. The normalized spacial score (nSPS) is 19.6. The van der Waals surface area contributed by atoms with E-state index in [4.69, 9.17) is 4.74 Å². The van der Waals surface area contributed by atoms with Gasteiger partial charge in [-0.25, -0.2) is 0 Å². The third-order valence-electron chi connectivity index (χ3n) is 3.28. The Hall–Kier alpha value is -1.55. The van der Waals surface area contributed by atoms with Gasteiger partial charge in [-0.15, -0.1) is 0 Å². The van der Waals surface area contributed by atoms with Crippen molar-refractivity contribution < 1.29 is 9.53 Å². The molecule has 1 aromatic carbocycles. The van der Waals surface area contributed by atoms with Gasteiger partial charge >= 0.3 is 0 Å². The first-order chi connectivity index (χ1) is 9.24. The van der Waals surface area contributed by atoms with Crippen molar-refractivity contribution in [3.05, 3.63) is 29.8 Å². The van der Waals surface area contributed by atoms with Crippen molar-refractivity contribution in [3.63, 3.8) is 0 Å². The van der Waals surface area contributed by atoms with Gasteiger partial charge in [-0.2, -0.15) is 0 Å². The van der Waals surface area contributed by atoms with Gasteiger partial charge in [0.1, 0.15) is 12.4 Å². The maximum Gasteiger partial charge on any atom is 0.221 e. The summed E-state index contributed by atoms with van der Waals surface area (Å²) < 4.78 is 5.67. The van der Waals surface area contributed by atoms with Crippen LogP contribution in [0.25, 0.3) is 0 Å². The maximum absolute atomic E-state index is 11.4.